The summed E-state index contributed by atoms with van der Waals surface area (Å²) in [5.74, 6) is -3.62. The van der Waals surface area contributed by atoms with E-state index in [0.29, 0.717) is 38.9 Å². The number of ketones is 1. The third-order valence-electron chi connectivity index (χ3n) is 7.81. The lowest BCUT2D eigenvalue weighted by Gasteiger charge is -2.48. The molecule has 3 fully saturated rings. The zero-order valence-electron chi connectivity index (χ0n) is 25.2. The number of alkyl carbamates (subject to hydrolysis) is 1. The number of nitrogens with zero attached hydrogens (tertiary/aromatic N) is 1. The Hall–Kier alpha value is -2.98. The standard InChI is InChI=1S/C27H44N4O11S/c1-15(2)10-19(22(34)29-18(11-16-7-9-28-21(16)33)20(32)23(35)43(38,39)40)30-24(36)41-17-6-8-27(12-17)13-31(14-27)25(37)42-26(3,4)5/h15-19,23,35H,6-14H2,1-5H3,(H,28,33)(H,29,34)(H,30,36)(H,38,39,40)/p-1/t16-,17?,18+,19+,23?/m1/s1. The predicted octanol–water partition coefficient (Wildman–Crippen LogP) is 0.361. The molecule has 4 amide bonds. The number of aliphatic hydroxyl groups is 1. The molecule has 15 nitrogen and oxygen atoms in total. The van der Waals surface area contributed by atoms with E-state index in [9.17, 15) is 42.0 Å². The van der Waals surface area contributed by atoms with Crippen LogP contribution in [0.4, 0.5) is 9.59 Å². The number of hydrogen-bond donors (Lipinski definition) is 4. The zero-order chi connectivity index (χ0) is 32.3. The molecule has 3 aliphatic rings. The maximum atomic E-state index is 13.3. The first kappa shape index (κ1) is 34.5. The average molecular weight is 632 g/mol. The third-order valence-corrected chi connectivity index (χ3v) is 8.59. The number of likely N-dealkylation sites (tertiary alicyclic amines) is 1. The van der Waals surface area contributed by atoms with Gasteiger partial charge < -0.3 is 40.0 Å². The van der Waals surface area contributed by atoms with Gasteiger partial charge in [-0.3, -0.25) is 14.4 Å². The average Bonchev–Trinajstić information content (AvgIpc) is 3.45. The van der Waals surface area contributed by atoms with Crippen LogP contribution >= 0.6 is 0 Å². The zero-order valence-corrected chi connectivity index (χ0v) is 26.0. The summed E-state index contributed by atoms with van der Waals surface area (Å²) in [7, 11) is -5.44. The summed E-state index contributed by atoms with van der Waals surface area (Å²) in [6, 6.07) is -2.88. The number of carbonyl (C=O) groups excluding carboxylic acids is 5. The van der Waals surface area contributed by atoms with Gasteiger partial charge in [0, 0.05) is 31.0 Å². The Kier molecular flexibility index (Phi) is 10.7. The van der Waals surface area contributed by atoms with Gasteiger partial charge in [0.05, 0.1) is 6.04 Å². The quantitative estimate of drug-likeness (QED) is 0.228. The summed E-state index contributed by atoms with van der Waals surface area (Å²) in [6.45, 7) is 10.2. The van der Waals surface area contributed by atoms with Crippen molar-refractivity contribution in [1.82, 2.24) is 20.9 Å². The van der Waals surface area contributed by atoms with Crippen molar-refractivity contribution in [2.24, 2.45) is 17.3 Å². The molecule has 2 aliphatic heterocycles. The van der Waals surface area contributed by atoms with Crippen LogP contribution in [-0.4, -0.2) is 102 Å². The number of aliphatic hydroxyl groups excluding tert-OH is 1. The van der Waals surface area contributed by atoms with E-state index in [0.717, 1.165) is 6.42 Å². The molecule has 16 heteroatoms. The summed E-state index contributed by atoms with van der Waals surface area (Å²) in [4.78, 5) is 64.8. The van der Waals surface area contributed by atoms with E-state index in [-0.39, 0.29) is 24.2 Å². The minimum absolute atomic E-state index is 0.109. The lowest BCUT2D eigenvalue weighted by molar-refractivity contribution is -0.132. The Morgan fingerprint density at radius 1 is 1.14 bits per heavy atom. The Labute approximate surface area is 251 Å². The summed E-state index contributed by atoms with van der Waals surface area (Å²) in [5, 5.41) is 17.2. The maximum absolute atomic E-state index is 13.3. The molecule has 43 heavy (non-hydrogen) atoms. The molecule has 2 saturated heterocycles. The highest BCUT2D eigenvalue weighted by atomic mass is 32.2. The molecule has 0 bridgehead atoms. The molecule has 0 aromatic heterocycles. The number of ether oxygens (including phenoxy) is 2. The van der Waals surface area contributed by atoms with Crippen LogP contribution in [0.15, 0.2) is 0 Å². The second kappa shape index (κ2) is 13.3. The van der Waals surface area contributed by atoms with E-state index in [1.54, 1.807) is 39.5 Å². The molecule has 2 heterocycles. The molecule has 0 aromatic rings. The van der Waals surface area contributed by atoms with Gasteiger partial charge >= 0.3 is 12.2 Å². The van der Waals surface area contributed by atoms with Gasteiger partial charge in [0.25, 0.3) is 0 Å². The number of amides is 4. The fourth-order valence-corrected chi connectivity index (χ4v) is 6.23. The van der Waals surface area contributed by atoms with Crippen LogP contribution in [0.5, 0.6) is 0 Å². The van der Waals surface area contributed by atoms with Crippen LogP contribution in [0.2, 0.25) is 0 Å². The van der Waals surface area contributed by atoms with E-state index in [1.807, 2.05) is 0 Å². The molecular weight excluding hydrogens is 588 g/mol. The Morgan fingerprint density at radius 3 is 2.33 bits per heavy atom. The lowest BCUT2D eigenvalue weighted by atomic mass is 9.78. The highest BCUT2D eigenvalue weighted by Gasteiger charge is 2.51. The molecule has 1 saturated carbocycles. The predicted molar refractivity (Wildman–Crippen MR) is 149 cm³/mol. The largest absolute Gasteiger partial charge is 0.746 e. The summed E-state index contributed by atoms with van der Waals surface area (Å²) >= 11 is 0. The van der Waals surface area contributed by atoms with Gasteiger partial charge in [-0.25, -0.2) is 18.0 Å². The number of nitrogens with one attached hydrogen (secondary N) is 3. The number of hydrogen-bond acceptors (Lipinski definition) is 11. The molecule has 0 radical (unpaired) electrons. The maximum Gasteiger partial charge on any atom is 0.410 e. The Morgan fingerprint density at radius 2 is 1.79 bits per heavy atom. The molecule has 2 unspecified atom stereocenters. The van der Waals surface area contributed by atoms with Gasteiger partial charge in [-0.2, -0.15) is 0 Å². The number of carbonyl (C=O) groups is 5. The molecule has 5 atom stereocenters. The van der Waals surface area contributed by atoms with E-state index in [4.69, 9.17) is 9.47 Å². The highest BCUT2D eigenvalue weighted by Crippen LogP contribution is 2.47. The van der Waals surface area contributed by atoms with Crippen LogP contribution in [0.1, 0.15) is 73.1 Å². The molecular formula is C27H43N4O11S-. The van der Waals surface area contributed by atoms with Crippen molar-refractivity contribution in [2.75, 3.05) is 19.6 Å². The van der Waals surface area contributed by atoms with Crippen LogP contribution in [0.25, 0.3) is 0 Å². The SMILES string of the molecule is CC(C)C[C@H](NC(=O)OC1CCC2(C1)CN(C(=O)OC(C)(C)C)C2)C(=O)N[C@@H](C[C@H]1CCNC1=O)C(=O)C(O)S(=O)(=O)[O-]. The first-order chi connectivity index (χ1) is 19.8. The molecule has 0 aromatic carbocycles. The number of rotatable bonds is 11. The smallest absolute Gasteiger partial charge is 0.410 e. The van der Waals surface area contributed by atoms with Crippen LogP contribution in [0, 0.1) is 17.3 Å². The van der Waals surface area contributed by atoms with Crippen molar-refractivity contribution in [3.05, 3.63) is 0 Å². The summed E-state index contributed by atoms with van der Waals surface area (Å²) < 4.78 is 44.9. The van der Waals surface area contributed by atoms with E-state index in [2.05, 4.69) is 16.0 Å². The molecule has 1 spiro atoms. The second-order valence-corrected chi connectivity index (χ2v) is 14.7. The highest BCUT2D eigenvalue weighted by molar-refractivity contribution is 7.87. The van der Waals surface area contributed by atoms with Crippen molar-refractivity contribution in [1.29, 1.82) is 0 Å². The molecule has 4 N–H and O–H groups in total. The first-order valence-corrected chi connectivity index (χ1v) is 16.0. The lowest BCUT2D eigenvalue weighted by Crippen LogP contribution is -2.58. The van der Waals surface area contributed by atoms with Crippen LogP contribution < -0.4 is 16.0 Å². The van der Waals surface area contributed by atoms with E-state index >= 15 is 0 Å². The minimum atomic E-state index is -5.44. The summed E-state index contributed by atoms with van der Waals surface area (Å²) in [6.07, 6.45) is 0.206. The van der Waals surface area contributed by atoms with Crippen molar-refractivity contribution >= 4 is 39.9 Å². The summed E-state index contributed by atoms with van der Waals surface area (Å²) in [5.41, 5.74) is -3.72. The first-order valence-electron chi connectivity index (χ1n) is 14.5. The van der Waals surface area contributed by atoms with Gasteiger partial charge in [-0.15, -0.1) is 0 Å². The Balaban J connectivity index is 1.61. The van der Waals surface area contributed by atoms with Gasteiger partial charge in [0.2, 0.25) is 17.3 Å². The van der Waals surface area contributed by atoms with Crippen molar-refractivity contribution in [3.63, 3.8) is 0 Å². The Bertz CT molecular complexity index is 1190. The topological polar surface area (TPSA) is 221 Å². The van der Waals surface area contributed by atoms with Crippen molar-refractivity contribution in [2.45, 2.75) is 102 Å². The van der Waals surface area contributed by atoms with Gasteiger partial charge in [-0.1, -0.05) is 13.8 Å². The van der Waals surface area contributed by atoms with Crippen LogP contribution in [-0.2, 0) is 34.0 Å². The van der Waals surface area contributed by atoms with Crippen LogP contribution in [0.3, 0.4) is 0 Å². The van der Waals surface area contributed by atoms with E-state index in [1.165, 1.54) is 0 Å². The van der Waals surface area contributed by atoms with Gasteiger partial charge in [0.1, 0.15) is 27.9 Å². The molecule has 244 valence electrons. The normalized spacial score (nSPS) is 23.6. The minimum Gasteiger partial charge on any atom is -0.746 e. The van der Waals surface area contributed by atoms with E-state index < -0.39 is 75.0 Å². The van der Waals surface area contributed by atoms with Gasteiger partial charge in [-0.05, 0) is 65.2 Å². The van der Waals surface area contributed by atoms with Gasteiger partial charge in [0.15, 0.2) is 5.78 Å². The fraction of sp³-hybridized carbons (Fsp3) is 0.815. The third kappa shape index (κ3) is 9.50. The fourth-order valence-electron chi connectivity index (χ4n) is 5.78. The van der Waals surface area contributed by atoms with Crippen molar-refractivity contribution < 1.29 is 51.5 Å². The molecule has 3 rings (SSSR count). The molecule has 1 aliphatic carbocycles. The van der Waals surface area contributed by atoms with Crippen molar-refractivity contribution in [3.8, 4) is 0 Å². The monoisotopic (exact) mass is 631 g/mol. The number of Topliss-reactive ketones (excluding diaryl/α,β-unsaturated/α-hetero) is 1. The second-order valence-electron chi connectivity index (χ2n) is 13.3.